The highest BCUT2D eigenvalue weighted by Crippen LogP contribution is 2.23. The van der Waals surface area contributed by atoms with E-state index in [4.69, 9.17) is 0 Å². The molecule has 0 saturated carbocycles. The molecule has 1 amide bonds. The van der Waals surface area contributed by atoms with Crippen molar-refractivity contribution in [2.24, 2.45) is 0 Å². The number of nitrogens with one attached hydrogen (secondary N) is 1. The normalized spacial score (nSPS) is 10.6. The maximum atomic E-state index is 11.4. The second-order valence-corrected chi connectivity index (χ2v) is 5.44. The van der Waals surface area contributed by atoms with Crippen molar-refractivity contribution in [3.8, 4) is 0 Å². The Balaban J connectivity index is 1.81. The number of benzene rings is 1. The minimum atomic E-state index is 0.185. The number of anilines is 1. The van der Waals surface area contributed by atoms with E-state index in [2.05, 4.69) is 35.0 Å². The third-order valence-electron chi connectivity index (χ3n) is 2.85. The molecule has 0 atom stereocenters. The van der Waals surface area contributed by atoms with Crippen LogP contribution in [0.5, 0.6) is 0 Å². The lowest BCUT2D eigenvalue weighted by Crippen LogP contribution is -2.21. The molecule has 3 nitrogen and oxygen atoms in total. The van der Waals surface area contributed by atoms with Crippen LogP contribution >= 0.6 is 11.3 Å². The number of hydrogen-bond acceptors (Lipinski definition) is 3. The fraction of sp³-hybridized carbons (Fsp3) is 0.357. The molecule has 0 unspecified atom stereocenters. The van der Waals surface area contributed by atoms with Crippen molar-refractivity contribution in [1.29, 1.82) is 0 Å². The van der Waals surface area contributed by atoms with Crippen molar-refractivity contribution < 1.29 is 4.79 Å². The van der Waals surface area contributed by atoms with E-state index >= 15 is 0 Å². The van der Waals surface area contributed by atoms with E-state index in [0.717, 1.165) is 18.7 Å². The fourth-order valence-corrected chi connectivity index (χ4v) is 2.54. The topological polar surface area (TPSA) is 32.3 Å². The van der Waals surface area contributed by atoms with Crippen molar-refractivity contribution in [3.05, 3.63) is 29.6 Å². The third kappa shape index (κ3) is 3.23. The molecule has 2 aromatic rings. The largest absolute Gasteiger partial charge is 0.385 e. The van der Waals surface area contributed by atoms with Gasteiger partial charge in [0.25, 0.3) is 0 Å². The molecule has 0 aliphatic heterocycles. The summed E-state index contributed by atoms with van der Waals surface area (Å²) in [5, 5.41) is 6.73. The predicted octanol–water partition coefficient (Wildman–Crippen LogP) is 3.18. The molecule has 1 aromatic carbocycles. The van der Waals surface area contributed by atoms with Crippen LogP contribution in [0.1, 0.15) is 12.8 Å². The molecule has 0 bridgehead atoms. The van der Waals surface area contributed by atoms with Gasteiger partial charge in [-0.05, 0) is 41.5 Å². The number of fused-ring (bicyclic) bond motifs is 1. The van der Waals surface area contributed by atoms with Crippen molar-refractivity contribution in [2.45, 2.75) is 12.8 Å². The number of carbonyl (C=O) groups excluding carboxylic acids is 1. The van der Waals surface area contributed by atoms with Crippen molar-refractivity contribution in [2.75, 3.05) is 26.0 Å². The van der Waals surface area contributed by atoms with E-state index in [1.165, 1.54) is 10.1 Å². The molecule has 0 fully saturated rings. The molecule has 0 aliphatic rings. The van der Waals surface area contributed by atoms with Gasteiger partial charge in [0, 0.05) is 37.4 Å². The monoisotopic (exact) mass is 262 g/mol. The lowest BCUT2D eigenvalue weighted by atomic mass is 10.2. The van der Waals surface area contributed by atoms with Crippen molar-refractivity contribution >= 4 is 33.0 Å². The summed E-state index contributed by atoms with van der Waals surface area (Å²) in [4.78, 5) is 13.0. The van der Waals surface area contributed by atoms with Crippen LogP contribution < -0.4 is 5.32 Å². The Morgan fingerprint density at radius 1 is 1.33 bits per heavy atom. The smallest absolute Gasteiger partial charge is 0.222 e. The summed E-state index contributed by atoms with van der Waals surface area (Å²) < 4.78 is 1.31. The Labute approximate surface area is 111 Å². The fourth-order valence-electron chi connectivity index (χ4n) is 1.77. The second-order valence-electron chi connectivity index (χ2n) is 4.49. The Morgan fingerprint density at radius 2 is 2.17 bits per heavy atom. The number of thiophene rings is 1. The quantitative estimate of drug-likeness (QED) is 0.839. The van der Waals surface area contributed by atoms with Gasteiger partial charge in [-0.15, -0.1) is 11.3 Å². The zero-order valence-electron chi connectivity index (χ0n) is 10.8. The number of carbonyl (C=O) groups is 1. The standard InChI is InChI=1S/C14H18N2OS/c1-16(2)14(17)4-3-8-15-12-5-6-13-11(10-12)7-9-18-13/h5-7,9-10,15H,3-4,8H2,1-2H3. The van der Waals surface area contributed by atoms with Gasteiger partial charge >= 0.3 is 0 Å². The SMILES string of the molecule is CN(C)C(=O)CCCNc1ccc2sccc2c1. The van der Waals surface area contributed by atoms with E-state index in [9.17, 15) is 4.79 Å². The van der Waals surface area contributed by atoms with Crippen LogP contribution in [0.25, 0.3) is 10.1 Å². The molecule has 1 aromatic heterocycles. The van der Waals surface area contributed by atoms with E-state index < -0.39 is 0 Å². The van der Waals surface area contributed by atoms with Crippen LogP contribution in [0, 0.1) is 0 Å². The summed E-state index contributed by atoms with van der Waals surface area (Å²) in [6.07, 6.45) is 1.46. The van der Waals surface area contributed by atoms with Gasteiger partial charge in [-0.25, -0.2) is 0 Å². The summed E-state index contributed by atoms with van der Waals surface area (Å²) in [5.74, 6) is 0.185. The van der Waals surface area contributed by atoms with Gasteiger partial charge in [-0.3, -0.25) is 4.79 Å². The third-order valence-corrected chi connectivity index (χ3v) is 3.75. The lowest BCUT2D eigenvalue weighted by molar-refractivity contribution is -0.128. The Bertz CT molecular complexity index is 533. The molecule has 0 aliphatic carbocycles. The van der Waals surface area contributed by atoms with Crippen molar-refractivity contribution in [3.63, 3.8) is 0 Å². The molecule has 1 N–H and O–H groups in total. The average Bonchev–Trinajstić information content (AvgIpc) is 2.81. The summed E-state index contributed by atoms with van der Waals surface area (Å²) in [5.41, 5.74) is 1.12. The van der Waals surface area contributed by atoms with Gasteiger partial charge in [-0.1, -0.05) is 0 Å². The van der Waals surface area contributed by atoms with E-state index in [1.54, 1.807) is 30.3 Å². The Hall–Kier alpha value is -1.55. The van der Waals surface area contributed by atoms with E-state index in [0.29, 0.717) is 6.42 Å². The number of nitrogens with zero attached hydrogens (tertiary/aromatic N) is 1. The van der Waals surface area contributed by atoms with Crippen LogP contribution in [0.4, 0.5) is 5.69 Å². The molecule has 0 radical (unpaired) electrons. The predicted molar refractivity (Wildman–Crippen MR) is 78.2 cm³/mol. The molecule has 0 spiro atoms. The van der Waals surface area contributed by atoms with Gasteiger partial charge in [0.1, 0.15) is 0 Å². The maximum Gasteiger partial charge on any atom is 0.222 e. The number of amides is 1. The minimum absolute atomic E-state index is 0.185. The van der Waals surface area contributed by atoms with Gasteiger partial charge in [0.05, 0.1) is 0 Å². The highest BCUT2D eigenvalue weighted by Gasteiger charge is 2.03. The van der Waals surface area contributed by atoms with E-state index in [-0.39, 0.29) is 5.91 Å². The molecule has 4 heteroatoms. The first-order valence-corrected chi connectivity index (χ1v) is 6.96. The molecule has 1 heterocycles. The van der Waals surface area contributed by atoms with Crippen molar-refractivity contribution in [1.82, 2.24) is 4.90 Å². The average molecular weight is 262 g/mol. The van der Waals surface area contributed by atoms with Crippen LogP contribution in [0.3, 0.4) is 0 Å². The Kier molecular flexibility index (Phi) is 4.20. The summed E-state index contributed by atoms with van der Waals surface area (Å²) >= 11 is 1.75. The summed E-state index contributed by atoms with van der Waals surface area (Å²) in [6.45, 7) is 0.829. The zero-order valence-corrected chi connectivity index (χ0v) is 11.6. The Morgan fingerprint density at radius 3 is 2.94 bits per heavy atom. The highest BCUT2D eigenvalue weighted by atomic mass is 32.1. The van der Waals surface area contributed by atoms with Crippen LogP contribution in [-0.4, -0.2) is 31.4 Å². The van der Waals surface area contributed by atoms with Gasteiger partial charge in [-0.2, -0.15) is 0 Å². The minimum Gasteiger partial charge on any atom is -0.385 e. The number of hydrogen-bond donors (Lipinski definition) is 1. The van der Waals surface area contributed by atoms with Gasteiger partial charge in [0.15, 0.2) is 0 Å². The first kappa shape index (κ1) is 12.9. The van der Waals surface area contributed by atoms with Crippen LogP contribution in [-0.2, 0) is 4.79 Å². The second kappa shape index (κ2) is 5.87. The molecule has 2 rings (SSSR count). The first-order chi connectivity index (χ1) is 8.66. The molecular weight excluding hydrogens is 244 g/mol. The lowest BCUT2D eigenvalue weighted by Gasteiger charge is -2.10. The molecule has 18 heavy (non-hydrogen) atoms. The first-order valence-electron chi connectivity index (χ1n) is 6.08. The van der Waals surface area contributed by atoms with Crippen LogP contribution in [0.2, 0.25) is 0 Å². The van der Waals surface area contributed by atoms with Crippen LogP contribution in [0.15, 0.2) is 29.6 Å². The maximum absolute atomic E-state index is 11.4. The molecular formula is C14H18N2OS. The van der Waals surface area contributed by atoms with Gasteiger partial charge < -0.3 is 10.2 Å². The highest BCUT2D eigenvalue weighted by molar-refractivity contribution is 7.17. The zero-order chi connectivity index (χ0) is 13.0. The number of rotatable bonds is 5. The summed E-state index contributed by atoms with van der Waals surface area (Å²) in [7, 11) is 3.58. The summed E-state index contributed by atoms with van der Waals surface area (Å²) in [6, 6.07) is 8.50. The van der Waals surface area contributed by atoms with Gasteiger partial charge in [0.2, 0.25) is 5.91 Å². The molecule has 0 saturated heterocycles. The van der Waals surface area contributed by atoms with E-state index in [1.807, 2.05) is 0 Å². The molecule has 96 valence electrons.